The molecule has 0 fully saturated rings. The summed E-state index contributed by atoms with van der Waals surface area (Å²) in [5.74, 6) is 1.74. The van der Waals surface area contributed by atoms with E-state index >= 15 is 0 Å². The molecule has 0 bridgehead atoms. The fourth-order valence-electron chi connectivity index (χ4n) is 1.29. The second-order valence-electron chi connectivity index (χ2n) is 2.97. The summed E-state index contributed by atoms with van der Waals surface area (Å²) >= 11 is 0. The Hall–Kier alpha value is -0.750. The first-order valence-electron chi connectivity index (χ1n) is 3.85. The summed E-state index contributed by atoms with van der Waals surface area (Å²) in [4.78, 5) is 0. The van der Waals surface area contributed by atoms with Crippen molar-refractivity contribution in [2.24, 2.45) is 0 Å². The molecule has 0 N–H and O–H groups in total. The Balaban J connectivity index is 2.67. The Morgan fingerprint density at radius 3 is 2.83 bits per heavy atom. The van der Waals surface area contributed by atoms with Crippen molar-refractivity contribution in [2.45, 2.75) is 13.8 Å². The van der Waals surface area contributed by atoms with Gasteiger partial charge in [0.25, 0.3) is 0 Å². The van der Waals surface area contributed by atoms with Gasteiger partial charge in [0.15, 0.2) is 11.5 Å². The minimum atomic E-state index is 0.347. The first-order chi connectivity index (χ1) is 5.70. The molecule has 0 saturated heterocycles. The van der Waals surface area contributed by atoms with Crippen molar-refractivity contribution in [1.82, 2.24) is 0 Å². The second-order valence-corrected chi connectivity index (χ2v) is 3.54. The Kier molecular flexibility index (Phi) is 1.73. The molecule has 1 unspecified atom stereocenters. The van der Waals surface area contributed by atoms with Crippen LogP contribution in [-0.4, -0.2) is 6.79 Å². The van der Waals surface area contributed by atoms with Gasteiger partial charge in [0.1, 0.15) is 0 Å². The maximum Gasteiger partial charge on any atom is 0.231 e. The van der Waals surface area contributed by atoms with Gasteiger partial charge in [-0.3, -0.25) is 0 Å². The average Bonchev–Trinajstić information content (AvgIpc) is 2.48. The van der Waals surface area contributed by atoms with Crippen molar-refractivity contribution >= 4 is 14.5 Å². The quantitative estimate of drug-likeness (QED) is 0.566. The minimum Gasteiger partial charge on any atom is -0.454 e. The van der Waals surface area contributed by atoms with E-state index in [-0.39, 0.29) is 0 Å². The molecule has 1 aromatic carbocycles. The van der Waals surface area contributed by atoms with Crippen molar-refractivity contribution in [3.8, 4) is 11.5 Å². The highest BCUT2D eigenvalue weighted by Crippen LogP contribution is 2.33. The molecule has 0 amide bonds. The van der Waals surface area contributed by atoms with Crippen LogP contribution in [0.4, 0.5) is 0 Å². The van der Waals surface area contributed by atoms with Gasteiger partial charge in [-0.15, -0.1) is 9.24 Å². The Morgan fingerprint density at radius 2 is 2.08 bits per heavy atom. The Morgan fingerprint density at radius 1 is 1.33 bits per heavy atom. The third-order valence-corrected chi connectivity index (χ3v) is 2.92. The SMILES string of the molecule is Cc1cc2c(c(P)c1C)OCO2. The monoisotopic (exact) mass is 182 g/mol. The van der Waals surface area contributed by atoms with Gasteiger partial charge in [-0.1, -0.05) is 0 Å². The van der Waals surface area contributed by atoms with Crippen LogP contribution in [0.5, 0.6) is 11.5 Å². The van der Waals surface area contributed by atoms with Gasteiger partial charge in [0.05, 0.1) is 0 Å². The van der Waals surface area contributed by atoms with Crippen molar-refractivity contribution in [3.63, 3.8) is 0 Å². The van der Waals surface area contributed by atoms with Crippen molar-refractivity contribution in [3.05, 3.63) is 17.2 Å². The normalized spacial score (nSPS) is 13.6. The van der Waals surface area contributed by atoms with Crippen LogP contribution in [-0.2, 0) is 0 Å². The maximum absolute atomic E-state index is 5.32. The number of ether oxygens (including phenoxy) is 2. The molecule has 1 heterocycles. The molecular weight excluding hydrogens is 171 g/mol. The lowest BCUT2D eigenvalue weighted by molar-refractivity contribution is 0.174. The summed E-state index contributed by atoms with van der Waals surface area (Å²) in [6, 6.07) is 2.02. The lowest BCUT2D eigenvalue weighted by atomic mass is 10.1. The molecule has 0 aliphatic carbocycles. The van der Waals surface area contributed by atoms with Gasteiger partial charge in [-0.2, -0.15) is 0 Å². The zero-order valence-electron chi connectivity index (χ0n) is 7.18. The van der Waals surface area contributed by atoms with Crippen LogP contribution in [0.3, 0.4) is 0 Å². The third kappa shape index (κ3) is 0.987. The van der Waals surface area contributed by atoms with Gasteiger partial charge < -0.3 is 9.47 Å². The number of rotatable bonds is 0. The largest absolute Gasteiger partial charge is 0.454 e. The van der Waals surface area contributed by atoms with Crippen LogP contribution in [0, 0.1) is 13.8 Å². The molecular formula is C9H11O2P. The Bertz CT molecular complexity index is 334. The second kappa shape index (κ2) is 2.63. The highest BCUT2D eigenvalue weighted by Gasteiger charge is 2.18. The summed E-state index contributed by atoms with van der Waals surface area (Å²) in [5.41, 5.74) is 2.49. The van der Waals surface area contributed by atoms with Gasteiger partial charge in [0.2, 0.25) is 6.79 Å². The Labute approximate surface area is 74.1 Å². The molecule has 1 aliphatic rings. The van der Waals surface area contributed by atoms with E-state index in [2.05, 4.69) is 23.1 Å². The summed E-state index contributed by atoms with van der Waals surface area (Å²) in [7, 11) is 2.69. The predicted molar refractivity (Wildman–Crippen MR) is 51.4 cm³/mol. The fourth-order valence-corrected chi connectivity index (χ4v) is 1.75. The summed E-state index contributed by atoms with van der Waals surface area (Å²) in [6.45, 7) is 4.50. The average molecular weight is 182 g/mol. The molecule has 3 heteroatoms. The molecule has 0 saturated carbocycles. The van der Waals surface area contributed by atoms with Crippen LogP contribution >= 0.6 is 9.24 Å². The standard InChI is InChI=1S/C9H11O2P/c1-5-3-7-8(11-4-10-7)9(12)6(5)2/h3H,4,12H2,1-2H3. The number of fused-ring (bicyclic) bond motifs is 1. The molecule has 0 radical (unpaired) electrons. The molecule has 12 heavy (non-hydrogen) atoms. The third-order valence-electron chi connectivity index (χ3n) is 2.23. The molecule has 1 aromatic rings. The molecule has 2 rings (SSSR count). The molecule has 2 nitrogen and oxygen atoms in total. The van der Waals surface area contributed by atoms with Crippen molar-refractivity contribution in [2.75, 3.05) is 6.79 Å². The highest BCUT2D eigenvalue weighted by molar-refractivity contribution is 7.28. The zero-order valence-corrected chi connectivity index (χ0v) is 8.33. The lowest BCUT2D eigenvalue weighted by Gasteiger charge is -2.06. The van der Waals surface area contributed by atoms with E-state index in [1.54, 1.807) is 0 Å². The number of benzene rings is 1. The molecule has 1 aliphatic heterocycles. The van der Waals surface area contributed by atoms with Crippen LogP contribution in [0.2, 0.25) is 0 Å². The van der Waals surface area contributed by atoms with Crippen LogP contribution < -0.4 is 14.8 Å². The summed E-state index contributed by atoms with van der Waals surface area (Å²) in [6.07, 6.45) is 0. The van der Waals surface area contributed by atoms with E-state index in [1.165, 1.54) is 11.1 Å². The summed E-state index contributed by atoms with van der Waals surface area (Å²) < 4.78 is 10.6. The van der Waals surface area contributed by atoms with E-state index < -0.39 is 0 Å². The fraction of sp³-hybridized carbons (Fsp3) is 0.333. The van der Waals surface area contributed by atoms with E-state index in [9.17, 15) is 0 Å². The zero-order chi connectivity index (χ0) is 8.72. The van der Waals surface area contributed by atoms with Gasteiger partial charge in [0, 0.05) is 5.30 Å². The maximum atomic E-state index is 5.32. The molecule has 1 atom stereocenters. The number of hydrogen-bond acceptors (Lipinski definition) is 2. The minimum absolute atomic E-state index is 0.347. The topological polar surface area (TPSA) is 18.5 Å². The van der Waals surface area contributed by atoms with Gasteiger partial charge in [-0.25, -0.2) is 0 Å². The summed E-state index contributed by atoms with van der Waals surface area (Å²) in [5, 5.41) is 1.11. The van der Waals surface area contributed by atoms with E-state index in [0.29, 0.717) is 6.79 Å². The lowest BCUT2D eigenvalue weighted by Crippen LogP contribution is -2.02. The first kappa shape index (κ1) is 7.88. The first-order valence-corrected chi connectivity index (χ1v) is 4.43. The van der Waals surface area contributed by atoms with Crippen LogP contribution in [0.25, 0.3) is 0 Å². The van der Waals surface area contributed by atoms with Crippen LogP contribution in [0.15, 0.2) is 6.07 Å². The smallest absolute Gasteiger partial charge is 0.231 e. The molecule has 0 aromatic heterocycles. The van der Waals surface area contributed by atoms with Gasteiger partial charge >= 0.3 is 0 Å². The number of aryl methyl sites for hydroxylation is 1. The predicted octanol–water partition coefficient (Wildman–Crippen LogP) is 1.53. The van der Waals surface area contributed by atoms with E-state index in [1.807, 2.05) is 6.07 Å². The van der Waals surface area contributed by atoms with E-state index in [4.69, 9.17) is 9.47 Å². The molecule has 0 spiro atoms. The highest BCUT2D eigenvalue weighted by atomic mass is 31.0. The van der Waals surface area contributed by atoms with E-state index in [0.717, 1.165) is 16.8 Å². The van der Waals surface area contributed by atoms with Crippen molar-refractivity contribution < 1.29 is 9.47 Å². The van der Waals surface area contributed by atoms with Gasteiger partial charge in [-0.05, 0) is 31.0 Å². The van der Waals surface area contributed by atoms with Crippen molar-refractivity contribution in [1.29, 1.82) is 0 Å². The van der Waals surface area contributed by atoms with Crippen LogP contribution in [0.1, 0.15) is 11.1 Å². The number of hydrogen-bond donors (Lipinski definition) is 0. The molecule has 64 valence electrons.